The molecule has 0 aromatic heterocycles. The Labute approximate surface area is 179 Å². The van der Waals surface area contributed by atoms with Crippen LogP contribution < -0.4 is 25.0 Å². The summed E-state index contributed by atoms with van der Waals surface area (Å²) in [5.74, 6) is -2.05. The van der Waals surface area contributed by atoms with Crippen LogP contribution in [0.15, 0.2) is 18.2 Å². The van der Waals surface area contributed by atoms with E-state index in [0.29, 0.717) is 23.6 Å². The van der Waals surface area contributed by atoms with Crippen molar-refractivity contribution in [3.05, 3.63) is 18.2 Å². The predicted molar refractivity (Wildman–Crippen MR) is 110 cm³/mol. The number of nitrogens with one attached hydrogen (secondary N) is 2. The summed E-state index contributed by atoms with van der Waals surface area (Å²) in [4.78, 5) is 50.6. The zero-order valence-electron chi connectivity index (χ0n) is 17.7. The number of hydrogen-bond donors (Lipinski definition) is 3. The van der Waals surface area contributed by atoms with Gasteiger partial charge in [0.1, 0.15) is 12.1 Å². The Morgan fingerprint density at radius 1 is 1.19 bits per heavy atom. The monoisotopic (exact) mass is 433 g/mol. The van der Waals surface area contributed by atoms with E-state index in [1.165, 1.54) is 11.8 Å². The summed E-state index contributed by atoms with van der Waals surface area (Å²) >= 11 is 0. The van der Waals surface area contributed by atoms with Crippen molar-refractivity contribution in [3.8, 4) is 11.5 Å². The van der Waals surface area contributed by atoms with Crippen molar-refractivity contribution in [1.82, 2.24) is 10.6 Å². The Morgan fingerprint density at radius 3 is 2.58 bits per heavy atom. The van der Waals surface area contributed by atoms with Gasteiger partial charge >= 0.3 is 5.97 Å². The van der Waals surface area contributed by atoms with Crippen molar-refractivity contribution in [1.29, 1.82) is 0 Å². The fourth-order valence-electron chi connectivity index (χ4n) is 3.52. The van der Waals surface area contributed by atoms with Crippen LogP contribution in [0.2, 0.25) is 0 Å². The van der Waals surface area contributed by atoms with Crippen LogP contribution >= 0.6 is 0 Å². The minimum atomic E-state index is -1.16. The number of carbonyl (C=O) groups is 4. The Balaban J connectivity index is 1.67. The van der Waals surface area contributed by atoms with Gasteiger partial charge in [0.2, 0.25) is 24.5 Å². The van der Waals surface area contributed by atoms with E-state index in [9.17, 15) is 19.2 Å². The number of fused-ring (bicyclic) bond motifs is 1. The first kappa shape index (κ1) is 22.4. The van der Waals surface area contributed by atoms with E-state index in [1.807, 2.05) is 6.92 Å². The Morgan fingerprint density at radius 2 is 1.90 bits per heavy atom. The number of carboxylic acid groups (broad SMARTS) is 1. The van der Waals surface area contributed by atoms with Crippen molar-refractivity contribution < 1.29 is 33.8 Å². The highest BCUT2D eigenvalue weighted by atomic mass is 16.7. The highest BCUT2D eigenvalue weighted by molar-refractivity contribution is 6.01. The van der Waals surface area contributed by atoms with Crippen molar-refractivity contribution in [2.75, 3.05) is 18.2 Å². The van der Waals surface area contributed by atoms with Gasteiger partial charge in [-0.15, -0.1) is 0 Å². The summed E-state index contributed by atoms with van der Waals surface area (Å²) in [5.41, 5.74) is 0.607. The first-order valence-corrected chi connectivity index (χ1v) is 10.2. The first-order chi connectivity index (χ1) is 14.7. The molecule has 4 atom stereocenters. The Bertz CT molecular complexity index is 888. The van der Waals surface area contributed by atoms with Gasteiger partial charge < -0.3 is 30.1 Å². The second-order valence-corrected chi connectivity index (χ2v) is 7.88. The first-order valence-electron chi connectivity index (χ1n) is 10.2. The van der Waals surface area contributed by atoms with Crippen LogP contribution in [0, 0.1) is 11.8 Å². The molecule has 1 saturated heterocycles. The van der Waals surface area contributed by atoms with Gasteiger partial charge in [-0.2, -0.15) is 0 Å². The topological polar surface area (TPSA) is 134 Å². The molecule has 0 aliphatic carbocycles. The number of carbonyl (C=O) groups excluding carboxylic acids is 3. The third kappa shape index (κ3) is 4.89. The maximum atomic E-state index is 12.9. The van der Waals surface area contributed by atoms with Crippen molar-refractivity contribution in [2.45, 2.75) is 45.7 Å². The summed E-state index contributed by atoms with van der Waals surface area (Å²) in [6.07, 6.45) is 0.618. The lowest BCUT2D eigenvalue weighted by Gasteiger charge is -2.26. The molecule has 0 radical (unpaired) electrons. The summed E-state index contributed by atoms with van der Waals surface area (Å²) in [6, 6.07) is 3.17. The zero-order chi connectivity index (χ0) is 22.7. The summed E-state index contributed by atoms with van der Waals surface area (Å²) < 4.78 is 10.6. The highest BCUT2D eigenvalue weighted by Gasteiger charge is 2.38. The lowest BCUT2D eigenvalue weighted by Crippen LogP contribution is -2.54. The molecule has 3 N–H and O–H groups in total. The lowest BCUT2D eigenvalue weighted by molar-refractivity contribution is -0.142. The third-order valence-electron chi connectivity index (χ3n) is 5.69. The van der Waals surface area contributed by atoms with Crippen molar-refractivity contribution in [3.63, 3.8) is 0 Å². The van der Waals surface area contributed by atoms with Crippen LogP contribution in [-0.4, -0.2) is 54.2 Å². The average Bonchev–Trinajstić information content (AvgIpc) is 3.36. The Kier molecular flexibility index (Phi) is 6.67. The fraction of sp³-hybridized carbons (Fsp3) is 0.524. The molecule has 0 bridgehead atoms. The maximum Gasteiger partial charge on any atom is 0.325 e. The molecule has 31 heavy (non-hydrogen) atoms. The molecular weight excluding hydrogens is 406 g/mol. The lowest BCUT2D eigenvalue weighted by atomic mass is 9.96. The van der Waals surface area contributed by atoms with E-state index in [1.54, 1.807) is 25.1 Å². The third-order valence-corrected chi connectivity index (χ3v) is 5.69. The van der Waals surface area contributed by atoms with Gasteiger partial charge in [-0.3, -0.25) is 19.2 Å². The number of rotatable bonds is 8. The number of nitrogens with zero attached hydrogens (tertiary/aromatic N) is 1. The van der Waals surface area contributed by atoms with Gasteiger partial charge in [0, 0.05) is 24.7 Å². The van der Waals surface area contributed by atoms with E-state index in [-0.39, 0.29) is 31.6 Å². The van der Waals surface area contributed by atoms with Crippen LogP contribution in [0.25, 0.3) is 0 Å². The van der Waals surface area contributed by atoms with E-state index >= 15 is 0 Å². The summed E-state index contributed by atoms with van der Waals surface area (Å²) in [6.45, 7) is 5.32. The number of carboxylic acids is 1. The summed E-state index contributed by atoms with van der Waals surface area (Å²) in [5, 5.41) is 14.1. The number of amides is 3. The van der Waals surface area contributed by atoms with Gasteiger partial charge in [0.05, 0.1) is 5.92 Å². The summed E-state index contributed by atoms with van der Waals surface area (Å²) in [7, 11) is 0. The molecule has 4 unspecified atom stereocenters. The van der Waals surface area contributed by atoms with E-state index in [0.717, 1.165) is 0 Å². The number of aliphatic carboxylic acids is 1. The highest BCUT2D eigenvalue weighted by Crippen LogP contribution is 2.37. The molecule has 0 spiro atoms. The van der Waals surface area contributed by atoms with Crippen LogP contribution in [0.3, 0.4) is 0 Å². The predicted octanol–water partition coefficient (Wildman–Crippen LogP) is 0.888. The van der Waals surface area contributed by atoms with E-state index < -0.39 is 35.8 Å². The van der Waals surface area contributed by atoms with Gasteiger partial charge in [-0.25, -0.2) is 0 Å². The van der Waals surface area contributed by atoms with E-state index in [2.05, 4.69) is 10.6 Å². The van der Waals surface area contributed by atoms with Crippen LogP contribution in [0.5, 0.6) is 11.5 Å². The minimum Gasteiger partial charge on any atom is -0.480 e. The molecule has 168 valence electrons. The molecule has 10 heteroatoms. The largest absolute Gasteiger partial charge is 0.480 e. The van der Waals surface area contributed by atoms with E-state index in [4.69, 9.17) is 14.6 Å². The van der Waals surface area contributed by atoms with Gasteiger partial charge in [-0.1, -0.05) is 20.3 Å². The SMILES string of the molecule is CCC(C)C(NC(=O)C1CC(=O)N(c2ccc3c(c2)OCO3)C1)C(=O)NC(C)C(=O)O. The molecular formula is C21H27N3O7. The average molecular weight is 433 g/mol. The molecule has 2 heterocycles. The number of hydrogen-bond acceptors (Lipinski definition) is 6. The smallest absolute Gasteiger partial charge is 0.325 e. The molecule has 2 aliphatic heterocycles. The second kappa shape index (κ2) is 9.23. The molecule has 10 nitrogen and oxygen atoms in total. The van der Waals surface area contributed by atoms with Crippen LogP contribution in [-0.2, 0) is 19.2 Å². The number of ether oxygens (including phenoxy) is 2. The Hall–Kier alpha value is -3.30. The minimum absolute atomic E-state index is 0.0145. The number of anilines is 1. The van der Waals surface area contributed by atoms with Crippen molar-refractivity contribution in [2.24, 2.45) is 11.8 Å². The molecule has 1 aromatic rings. The molecule has 3 amide bonds. The fourth-order valence-corrected chi connectivity index (χ4v) is 3.52. The zero-order valence-corrected chi connectivity index (χ0v) is 17.7. The maximum absolute atomic E-state index is 12.9. The molecule has 3 rings (SSSR count). The normalized spacial score (nSPS) is 20.2. The molecule has 0 saturated carbocycles. The van der Waals surface area contributed by atoms with Gasteiger partial charge in [0.15, 0.2) is 11.5 Å². The van der Waals surface area contributed by atoms with Crippen LogP contribution in [0.1, 0.15) is 33.6 Å². The standard InChI is InChI=1S/C21H27N3O7/c1-4-11(2)18(20(27)22-12(3)21(28)29)23-19(26)13-7-17(25)24(9-13)14-5-6-15-16(8-14)31-10-30-15/h5-6,8,11-13,18H,4,7,9-10H2,1-3H3,(H,22,27)(H,23,26)(H,28,29). The second-order valence-electron chi connectivity index (χ2n) is 7.88. The van der Waals surface area contributed by atoms with Crippen molar-refractivity contribution >= 4 is 29.4 Å². The quantitative estimate of drug-likeness (QED) is 0.554. The molecule has 1 fully saturated rings. The molecule has 2 aliphatic rings. The van der Waals surface area contributed by atoms with Crippen LogP contribution in [0.4, 0.5) is 5.69 Å². The van der Waals surface area contributed by atoms with Gasteiger partial charge in [-0.05, 0) is 25.0 Å². The van der Waals surface area contributed by atoms with Gasteiger partial charge in [0.25, 0.3) is 0 Å². The molecule has 1 aromatic carbocycles. The number of benzene rings is 1.